The van der Waals surface area contributed by atoms with Crippen LogP contribution in [-0.4, -0.2) is 44.8 Å². The molecule has 1 aromatic carbocycles. The van der Waals surface area contributed by atoms with Gasteiger partial charge in [-0.3, -0.25) is 9.59 Å². The molecule has 25 heavy (non-hydrogen) atoms. The van der Waals surface area contributed by atoms with E-state index in [1.165, 1.54) is 45.6 Å². The number of methoxy groups -OCH3 is 1. The maximum absolute atomic E-state index is 12.4. The molecular formula is C15H18N4O5S. The van der Waals surface area contributed by atoms with Crippen molar-refractivity contribution in [2.24, 2.45) is 0 Å². The highest BCUT2D eigenvalue weighted by Gasteiger charge is 2.21. The Labute approximate surface area is 144 Å². The molecule has 134 valence electrons. The second-order valence-corrected chi connectivity index (χ2v) is 7.42. The lowest BCUT2D eigenvalue weighted by Gasteiger charge is -2.14. The van der Waals surface area contributed by atoms with E-state index in [4.69, 9.17) is 10.5 Å². The molecule has 0 fully saturated rings. The highest BCUT2D eigenvalue weighted by molar-refractivity contribution is 7.89. The number of hydrogen-bond acceptors (Lipinski definition) is 6. The molecule has 2 aromatic rings. The SMILES string of the molecule is COc1cc(S(=O)(=O)N(C)C)ccc1C(=O)Nc1cc(=O)[nH]cc1N. The zero-order chi connectivity index (χ0) is 18.8. The smallest absolute Gasteiger partial charge is 0.259 e. The number of nitrogens with zero attached hydrogens (tertiary/aromatic N) is 1. The first-order valence-electron chi connectivity index (χ1n) is 7.07. The summed E-state index contributed by atoms with van der Waals surface area (Å²) in [6.07, 6.45) is 1.27. The van der Waals surface area contributed by atoms with Crippen molar-refractivity contribution in [3.8, 4) is 5.75 Å². The van der Waals surface area contributed by atoms with Crippen LogP contribution in [0.1, 0.15) is 10.4 Å². The van der Waals surface area contributed by atoms with Crippen molar-refractivity contribution in [1.82, 2.24) is 9.29 Å². The van der Waals surface area contributed by atoms with Gasteiger partial charge in [-0.15, -0.1) is 0 Å². The van der Waals surface area contributed by atoms with Gasteiger partial charge in [-0.05, 0) is 12.1 Å². The Balaban J connectivity index is 2.40. The number of benzene rings is 1. The van der Waals surface area contributed by atoms with Crippen LogP contribution in [0.25, 0.3) is 0 Å². The molecular weight excluding hydrogens is 348 g/mol. The van der Waals surface area contributed by atoms with Gasteiger partial charge in [-0.1, -0.05) is 0 Å². The van der Waals surface area contributed by atoms with E-state index in [0.29, 0.717) is 0 Å². The third-order valence-corrected chi connectivity index (χ3v) is 5.21. The van der Waals surface area contributed by atoms with E-state index in [9.17, 15) is 18.0 Å². The zero-order valence-corrected chi connectivity index (χ0v) is 14.7. The minimum atomic E-state index is -3.67. The number of rotatable bonds is 5. The number of sulfonamides is 1. The van der Waals surface area contributed by atoms with Crippen LogP contribution in [0.3, 0.4) is 0 Å². The lowest BCUT2D eigenvalue weighted by molar-refractivity contribution is 0.102. The Hall–Kier alpha value is -2.85. The molecule has 0 aliphatic carbocycles. The number of H-pyrrole nitrogens is 1. The second kappa shape index (κ2) is 6.95. The average Bonchev–Trinajstić information content (AvgIpc) is 2.57. The summed E-state index contributed by atoms with van der Waals surface area (Å²) in [6, 6.07) is 5.03. The summed E-state index contributed by atoms with van der Waals surface area (Å²) in [5.41, 5.74) is 5.69. The topological polar surface area (TPSA) is 135 Å². The van der Waals surface area contributed by atoms with Crippen LogP contribution in [-0.2, 0) is 10.0 Å². The molecule has 0 atom stereocenters. The molecule has 0 aliphatic rings. The minimum Gasteiger partial charge on any atom is -0.496 e. The molecule has 0 saturated carbocycles. The van der Waals surface area contributed by atoms with Crippen molar-refractivity contribution >= 4 is 27.3 Å². The Morgan fingerprint density at radius 1 is 1.28 bits per heavy atom. The van der Waals surface area contributed by atoms with Crippen LogP contribution >= 0.6 is 0 Å². The maximum Gasteiger partial charge on any atom is 0.259 e. The molecule has 10 heteroatoms. The Kier molecular flexibility index (Phi) is 5.14. The summed E-state index contributed by atoms with van der Waals surface area (Å²) in [4.78, 5) is 26.1. The van der Waals surface area contributed by atoms with Crippen LogP contribution in [0.5, 0.6) is 5.75 Å². The van der Waals surface area contributed by atoms with E-state index in [1.807, 2.05) is 0 Å². The third kappa shape index (κ3) is 3.80. The van der Waals surface area contributed by atoms with Gasteiger partial charge in [0, 0.05) is 32.4 Å². The molecule has 4 N–H and O–H groups in total. The highest BCUT2D eigenvalue weighted by Crippen LogP contribution is 2.26. The van der Waals surface area contributed by atoms with Crippen molar-refractivity contribution in [2.45, 2.75) is 4.90 Å². The summed E-state index contributed by atoms with van der Waals surface area (Å²) in [5, 5.41) is 2.50. The zero-order valence-electron chi connectivity index (χ0n) is 13.9. The van der Waals surface area contributed by atoms with Crippen molar-refractivity contribution in [3.63, 3.8) is 0 Å². The van der Waals surface area contributed by atoms with E-state index in [0.717, 1.165) is 10.4 Å². The molecule has 0 spiro atoms. The molecule has 2 rings (SSSR count). The Bertz CT molecular complexity index is 966. The van der Waals surface area contributed by atoms with Gasteiger partial charge >= 0.3 is 0 Å². The number of aromatic nitrogens is 1. The molecule has 0 unspecified atom stereocenters. The lowest BCUT2D eigenvalue weighted by Crippen LogP contribution is -2.22. The number of pyridine rings is 1. The fraction of sp³-hybridized carbons (Fsp3) is 0.200. The number of nitrogens with two attached hydrogens (primary N) is 1. The quantitative estimate of drug-likeness (QED) is 0.704. The molecule has 0 radical (unpaired) electrons. The van der Waals surface area contributed by atoms with E-state index in [-0.39, 0.29) is 27.6 Å². The number of anilines is 2. The molecule has 0 saturated heterocycles. The first-order chi connectivity index (χ1) is 11.7. The van der Waals surface area contributed by atoms with Crippen LogP contribution in [0.15, 0.2) is 40.2 Å². The number of nitrogens with one attached hydrogen (secondary N) is 2. The predicted octanol–water partition coefficient (Wildman–Crippen LogP) is 0.468. The molecule has 1 amide bonds. The van der Waals surface area contributed by atoms with Gasteiger partial charge in [0.1, 0.15) is 5.75 Å². The second-order valence-electron chi connectivity index (χ2n) is 5.27. The Morgan fingerprint density at radius 2 is 1.96 bits per heavy atom. The van der Waals surface area contributed by atoms with Crippen LogP contribution in [0.2, 0.25) is 0 Å². The Morgan fingerprint density at radius 3 is 2.56 bits per heavy atom. The number of amides is 1. The summed E-state index contributed by atoms with van der Waals surface area (Å²) < 4.78 is 30.5. The summed E-state index contributed by atoms with van der Waals surface area (Å²) in [7, 11) is 0.454. The highest BCUT2D eigenvalue weighted by atomic mass is 32.2. The van der Waals surface area contributed by atoms with E-state index >= 15 is 0 Å². The summed E-state index contributed by atoms with van der Waals surface area (Å²) in [6.45, 7) is 0. The number of aromatic amines is 1. The molecule has 9 nitrogen and oxygen atoms in total. The van der Waals surface area contributed by atoms with Crippen molar-refractivity contribution in [1.29, 1.82) is 0 Å². The van der Waals surface area contributed by atoms with Gasteiger partial charge in [0.15, 0.2) is 0 Å². The third-order valence-electron chi connectivity index (χ3n) is 3.40. The van der Waals surface area contributed by atoms with E-state index < -0.39 is 21.5 Å². The van der Waals surface area contributed by atoms with Gasteiger partial charge in [-0.2, -0.15) is 0 Å². The van der Waals surface area contributed by atoms with Gasteiger partial charge in [0.2, 0.25) is 15.6 Å². The molecule has 0 bridgehead atoms. The number of carbonyl (C=O) groups excluding carboxylic acids is 1. The van der Waals surface area contributed by atoms with Crippen molar-refractivity contribution in [3.05, 3.63) is 46.4 Å². The van der Waals surface area contributed by atoms with Crippen LogP contribution in [0, 0.1) is 0 Å². The van der Waals surface area contributed by atoms with Crippen molar-refractivity contribution in [2.75, 3.05) is 32.3 Å². The largest absolute Gasteiger partial charge is 0.496 e. The number of carbonyl (C=O) groups is 1. The molecule has 1 aromatic heterocycles. The standard InChI is InChI=1S/C15H18N4O5S/c1-19(2)25(22,23)9-4-5-10(13(6-9)24-3)15(21)18-12-7-14(20)17-8-11(12)16/h4-8H,16H2,1-3H3,(H2,17,18,20,21). The van der Waals surface area contributed by atoms with Gasteiger partial charge in [0.25, 0.3) is 5.91 Å². The summed E-state index contributed by atoms with van der Waals surface area (Å²) >= 11 is 0. The molecule has 0 aliphatic heterocycles. The average molecular weight is 366 g/mol. The van der Waals surface area contributed by atoms with E-state index in [1.54, 1.807) is 0 Å². The minimum absolute atomic E-state index is 0.0124. The predicted molar refractivity (Wildman–Crippen MR) is 93.3 cm³/mol. The van der Waals surface area contributed by atoms with E-state index in [2.05, 4.69) is 10.3 Å². The van der Waals surface area contributed by atoms with Gasteiger partial charge in [-0.25, -0.2) is 12.7 Å². The number of hydrogen-bond donors (Lipinski definition) is 3. The summed E-state index contributed by atoms with van der Waals surface area (Å²) in [5.74, 6) is -0.521. The lowest BCUT2D eigenvalue weighted by atomic mass is 10.2. The van der Waals surface area contributed by atoms with Gasteiger partial charge < -0.3 is 20.8 Å². The fourth-order valence-corrected chi connectivity index (χ4v) is 2.93. The maximum atomic E-state index is 12.4. The van der Waals surface area contributed by atoms with Gasteiger partial charge in [0.05, 0.1) is 28.9 Å². The first-order valence-corrected chi connectivity index (χ1v) is 8.51. The number of ether oxygens (including phenoxy) is 1. The van der Waals surface area contributed by atoms with Crippen LogP contribution < -0.4 is 21.3 Å². The normalized spacial score (nSPS) is 11.4. The monoisotopic (exact) mass is 366 g/mol. The molecule has 1 heterocycles. The first kappa shape index (κ1) is 18.5. The fourth-order valence-electron chi connectivity index (χ4n) is 2.01. The van der Waals surface area contributed by atoms with Crippen molar-refractivity contribution < 1.29 is 17.9 Å². The number of nitrogen functional groups attached to an aromatic ring is 1. The van der Waals surface area contributed by atoms with Crippen LogP contribution in [0.4, 0.5) is 11.4 Å².